The van der Waals surface area contributed by atoms with Gasteiger partial charge in [0.1, 0.15) is 5.82 Å². The van der Waals surface area contributed by atoms with Crippen LogP contribution in [0.25, 0.3) is 0 Å². The van der Waals surface area contributed by atoms with E-state index in [2.05, 4.69) is 5.32 Å². The van der Waals surface area contributed by atoms with Gasteiger partial charge >= 0.3 is 0 Å². The number of likely N-dealkylation sites (tertiary alicyclic amines) is 1. The van der Waals surface area contributed by atoms with E-state index >= 15 is 0 Å². The molecule has 2 heterocycles. The van der Waals surface area contributed by atoms with Gasteiger partial charge < -0.3 is 19.7 Å². The number of ether oxygens (including phenoxy) is 2. The van der Waals surface area contributed by atoms with Crippen LogP contribution in [0.3, 0.4) is 0 Å². The molecule has 0 aromatic heterocycles. The van der Waals surface area contributed by atoms with Gasteiger partial charge in [0, 0.05) is 26.1 Å². The molecule has 2 amide bonds. The second-order valence-corrected chi connectivity index (χ2v) is 6.71. The Morgan fingerprint density at radius 1 is 1.11 bits per heavy atom. The van der Waals surface area contributed by atoms with Crippen molar-refractivity contribution in [1.82, 2.24) is 10.2 Å². The van der Waals surface area contributed by atoms with E-state index in [1.807, 2.05) is 18.2 Å². The highest BCUT2D eigenvalue weighted by molar-refractivity contribution is 5.89. The predicted octanol–water partition coefficient (Wildman–Crippen LogP) is 2.22. The molecule has 0 spiro atoms. The molecule has 2 aliphatic rings. The van der Waals surface area contributed by atoms with Crippen LogP contribution in [0.1, 0.15) is 17.5 Å². The summed E-state index contributed by atoms with van der Waals surface area (Å²) in [4.78, 5) is 26.3. The van der Waals surface area contributed by atoms with E-state index in [4.69, 9.17) is 9.47 Å². The van der Waals surface area contributed by atoms with Crippen molar-refractivity contribution >= 4 is 11.8 Å². The average molecular weight is 370 g/mol. The van der Waals surface area contributed by atoms with Crippen LogP contribution in [-0.2, 0) is 22.7 Å². The van der Waals surface area contributed by atoms with Crippen LogP contribution >= 0.6 is 0 Å². The minimum Gasteiger partial charge on any atom is -0.454 e. The van der Waals surface area contributed by atoms with Crippen LogP contribution in [0.4, 0.5) is 4.39 Å². The number of amides is 2. The Morgan fingerprint density at radius 3 is 2.67 bits per heavy atom. The molecule has 1 atom stereocenters. The normalized spacial score (nSPS) is 18.0. The number of benzene rings is 2. The molecule has 0 aliphatic carbocycles. The number of hydrogen-bond acceptors (Lipinski definition) is 4. The van der Waals surface area contributed by atoms with Gasteiger partial charge in [-0.3, -0.25) is 9.59 Å². The van der Waals surface area contributed by atoms with E-state index in [0.29, 0.717) is 31.1 Å². The Balaban J connectivity index is 1.33. The third-order valence-electron chi connectivity index (χ3n) is 4.78. The Kier molecular flexibility index (Phi) is 4.66. The van der Waals surface area contributed by atoms with Crippen molar-refractivity contribution in [3.8, 4) is 11.5 Å². The summed E-state index contributed by atoms with van der Waals surface area (Å²) in [6.07, 6.45) is 0.194. The van der Waals surface area contributed by atoms with Gasteiger partial charge in [-0.2, -0.15) is 0 Å². The number of nitrogens with zero attached hydrogens (tertiary/aromatic N) is 1. The van der Waals surface area contributed by atoms with Crippen LogP contribution in [0.2, 0.25) is 0 Å². The molecule has 1 N–H and O–H groups in total. The maximum atomic E-state index is 12.9. The molecule has 140 valence electrons. The first-order chi connectivity index (χ1) is 13.1. The largest absolute Gasteiger partial charge is 0.454 e. The van der Waals surface area contributed by atoms with Crippen molar-refractivity contribution in [1.29, 1.82) is 0 Å². The lowest BCUT2D eigenvalue weighted by atomic mass is 10.1. The molecule has 2 aliphatic heterocycles. The first kappa shape index (κ1) is 17.3. The second kappa shape index (κ2) is 7.26. The third-order valence-corrected chi connectivity index (χ3v) is 4.78. The molecule has 2 aromatic carbocycles. The fourth-order valence-electron chi connectivity index (χ4n) is 3.30. The standard InChI is InChI=1S/C20H19FN2O4/c21-16-4-1-13(2-5-16)9-22-20(25)15-8-19(24)23(11-15)10-14-3-6-17-18(7-14)27-12-26-17/h1-7,15H,8-12H2,(H,22,25). The predicted molar refractivity (Wildman–Crippen MR) is 94.3 cm³/mol. The van der Waals surface area contributed by atoms with E-state index in [0.717, 1.165) is 11.1 Å². The van der Waals surface area contributed by atoms with E-state index < -0.39 is 0 Å². The lowest BCUT2D eigenvalue weighted by Gasteiger charge is -2.17. The summed E-state index contributed by atoms with van der Waals surface area (Å²) in [6, 6.07) is 11.5. The molecule has 27 heavy (non-hydrogen) atoms. The second-order valence-electron chi connectivity index (χ2n) is 6.71. The Labute approximate surface area is 155 Å². The molecule has 0 radical (unpaired) electrons. The zero-order valence-electron chi connectivity index (χ0n) is 14.6. The van der Waals surface area contributed by atoms with Crippen LogP contribution in [0.15, 0.2) is 42.5 Å². The quantitative estimate of drug-likeness (QED) is 0.876. The number of fused-ring (bicyclic) bond motifs is 1. The van der Waals surface area contributed by atoms with Gasteiger partial charge in [0.25, 0.3) is 0 Å². The smallest absolute Gasteiger partial charge is 0.231 e. The minimum atomic E-state index is -0.382. The van der Waals surface area contributed by atoms with E-state index in [1.54, 1.807) is 17.0 Å². The van der Waals surface area contributed by atoms with Crippen LogP contribution in [-0.4, -0.2) is 30.1 Å². The van der Waals surface area contributed by atoms with Gasteiger partial charge in [0.05, 0.1) is 5.92 Å². The summed E-state index contributed by atoms with van der Waals surface area (Å²) in [5, 5.41) is 2.82. The van der Waals surface area contributed by atoms with Gasteiger partial charge in [0.15, 0.2) is 11.5 Å². The Bertz CT molecular complexity index is 869. The first-order valence-corrected chi connectivity index (χ1v) is 8.77. The third kappa shape index (κ3) is 3.86. The number of hydrogen-bond donors (Lipinski definition) is 1. The zero-order chi connectivity index (χ0) is 18.8. The van der Waals surface area contributed by atoms with E-state index in [1.165, 1.54) is 12.1 Å². The lowest BCUT2D eigenvalue weighted by molar-refractivity contribution is -0.129. The van der Waals surface area contributed by atoms with Crippen molar-refractivity contribution in [2.75, 3.05) is 13.3 Å². The monoisotopic (exact) mass is 370 g/mol. The highest BCUT2D eigenvalue weighted by Gasteiger charge is 2.34. The number of carbonyl (C=O) groups is 2. The van der Waals surface area contributed by atoms with Crippen LogP contribution in [0, 0.1) is 11.7 Å². The summed E-state index contributed by atoms with van der Waals surface area (Å²) in [5.74, 6) is 0.463. The van der Waals surface area contributed by atoms with Gasteiger partial charge in [0.2, 0.25) is 18.6 Å². The minimum absolute atomic E-state index is 0.0467. The molecule has 1 saturated heterocycles. The zero-order valence-corrected chi connectivity index (χ0v) is 14.6. The Morgan fingerprint density at radius 2 is 1.85 bits per heavy atom. The molecule has 1 unspecified atom stereocenters. The highest BCUT2D eigenvalue weighted by atomic mass is 19.1. The highest BCUT2D eigenvalue weighted by Crippen LogP contribution is 2.33. The maximum absolute atomic E-state index is 12.9. The maximum Gasteiger partial charge on any atom is 0.231 e. The van der Waals surface area contributed by atoms with Gasteiger partial charge in [-0.05, 0) is 35.4 Å². The first-order valence-electron chi connectivity index (χ1n) is 8.77. The lowest BCUT2D eigenvalue weighted by Crippen LogP contribution is -2.32. The van der Waals surface area contributed by atoms with Gasteiger partial charge in [-0.1, -0.05) is 18.2 Å². The Hall–Kier alpha value is -3.09. The molecule has 0 bridgehead atoms. The topological polar surface area (TPSA) is 67.9 Å². The van der Waals surface area contributed by atoms with Crippen LogP contribution in [0.5, 0.6) is 11.5 Å². The SMILES string of the molecule is O=C(NCc1ccc(F)cc1)C1CC(=O)N(Cc2ccc3c(c2)OCO3)C1. The van der Waals surface area contributed by atoms with Gasteiger partial charge in [-0.25, -0.2) is 4.39 Å². The van der Waals surface area contributed by atoms with E-state index in [-0.39, 0.29) is 36.8 Å². The van der Waals surface area contributed by atoms with Crippen molar-refractivity contribution in [3.63, 3.8) is 0 Å². The summed E-state index contributed by atoms with van der Waals surface area (Å²) < 4.78 is 23.6. The van der Waals surface area contributed by atoms with Gasteiger partial charge in [-0.15, -0.1) is 0 Å². The fraction of sp³-hybridized carbons (Fsp3) is 0.300. The fourth-order valence-corrected chi connectivity index (χ4v) is 3.30. The average Bonchev–Trinajstić information content (AvgIpc) is 3.27. The number of carbonyl (C=O) groups excluding carboxylic acids is 2. The van der Waals surface area contributed by atoms with E-state index in [9.17, 15) is 14.0 Å². The summed E-state index contributed by atoms with van der Waals surface area (Å²) in [7, 11) is 0. The molecule has 6 nitrogen and oxygen atoms in total. The number of nitrogens with one attached hydrogen (secondary N) is 1. The summed E-state index contributed by atoms with van der Waals surface area (Å²) >= 11 is 0. The molecule has 2 aromatic rings. The molecule has 4 rings (SSSR count). The molecule has 7 heteroatoms. The van der Waals surface area contributed by atoms with Crippen molar-refractivity contribution in [3.05, 3.63) is 59.4 Å². The summed E-state index contributed by atoms with van der Waals surface area (Å²) in [6.45, 7) is 1.32. The molecular formula is C20H19FN2O4. The van der Waals surface area contributed by atoms with Crippen LogP contribution < -0.4 is 14.8 Å². The van der Waals surface area contributed by atoms with Crippen molar-refractivity contribution in [2.45, 2.75) is 19.5 Å². The molecule has 0 saturated carbocycles. The number of rotatable bonds is 5. The number of halogens is 1. The summed E-state index contributed by atoms with van der Waals surface area (Å²) in [5.41, 5.74) is 1.74. The van der Waals surface area contributed by atoms with Crippen molar-refractivity contribution < 1.29 is 23.5 Å². The molecule has 1 fully saturated rings. The van der Waals surface area contributed by atoms with Crippen molar-refractivity contribution in [2.24, 2.45) is 5.92 Å². The molecular weight excluding hydrogens is 351 g/mol.